The molecule has 2 aliphatic rings. The zero-order valence-electron chi connectivity index (χ0n) is 13.4. The Bertz CT molecular complexity index is 715. The lowest BCUT2D eigenvalue weighted by Crippen LogP contribution is -2.36. The van der Waals surface area contributed by atoms with E-state index in [1.807, 2.05) is 42.5 Å². The molecule has 0 saturated carbocycles. The Labute approximate surface area is 141 Å². The summed E-state index contributed by atoms with van der Waals surface area (Å²) in [4.78, 5) is 2.28. The van der Waals surface area contributed by atoms with Crippen molar-refractivity contribution in [3.8, 4) is 0 Å². The molecule has 5 nitrogen and oxygen atoms in total. The molecular formula is C18H20BNO4. The molecule has 1 unspecified atom stereocenters. The second-order valence-corrected chi connectivity index (χ2v) is 6.22. The first kappa shape index (κ1) is 15.7. The summed E-state index contributed by atoms with van der Waals surface area (Å²) in [5.41, 5.74) is 4.46. The van der Waals surface area contributed by atoms with Gasteiger partial charge in [-0.2, -0.15) is 0 Å². The SMILES string of the molecule is OB1OCc2ccc(C(O)c3ccc(N4CCOCC4)cc3)cc21. The molecule has 1 atom stereocenters. The lowest BCUT2D eigenvalue weighted by atomic mass is 9.78. The Balaban J connectivity index is 1.54. The minimum atomic E-state index is -0.893. The molecule has 24 heavy (non-hydrogen) atoms. The third-order valence-corrected chi connectivity index (χ3v) is 4.73. The Morgan fingerprint density at radius 2 is 1.71 bits per heavy atom. The molecule has 2 aromatic carbocycles. The molecule has 0 radical (unpaired) electrons. The van der Waals surface area contributed by atoms with E-state index in [1.165, 1.54) is 0 Å². The average molecular weight is 325 g/mol. The number of ether oxygens (including phenoxy) is 1. The van der Waals surface area contributed by atoms with Gasteiger partial charge in [-0.3, -0.25) is 0 Å². The van der Waals surface area contributed by atoms with Crippen molar-refractivity contribution in [1.82, 2.24) is 0 Å². The van der Waals surface area contributed by atoms with Crippen LogP contribution < -0.4 is 10.4 Å². The highest BCUT2D eigenvalue weighted by molar-refractivity contribution is 6.61. The summed E-state index contributed by atoms with van der Waals surface area (Å²) >= 11 is 0. The van der Waals surface area contributed by atoms with Crippen molar-refractivity contribution in [3.05, 3.63) is 59.2 Å². The number of aliphatic hydroxyl groups excluding tert-OH is 1. The summed E-state index contributed by atoms with van der Waals surface area (Å²) in [6.07, 6.45) is -0.721. The molecular weight excluding hydrogens is 305 g/mol. The van der Waals surface area contributed by atoms with Gasteiger partial charge in [-0.05, 0) is 34.3 Å². The summed E-state index contributed by atoms with van der Waals surface area (Å²) in [5, 5.41) is 20.5. The van der Waals surface area contributed by atoms with E-state index < -0.39 is 13.2 Å². The van der Waals surface area contributed by atoms with Gasteiger partial charge in [0.15, 0.2) is 0 Å². The summed E-state index contributed by atoms with van der Waals surface area (Å²) in [6, 6.07) is 13.6. The van der Waals surface area contributed by atoms with Gasteiger partial charge in [-0.1, -0.05) is 30.3 Å². The predicted octanol–water partition coefficient (Wildman–Crippen LogP) is 0.823. The van der Waals surface area contributed by atoms with E-state index in [0.29, 0.717) is 6.61 Å². The first-order valence-electron chi connectivity index (χ1n) is 8.25. The molecule has 0 aromatic heterocycles. The highest BCUT2D eigenvalue weighted by Gasteiger charge is 2.28. The fraction of sp³-hybridized carbons (Fsp3) is 0.333. The van der Waals surface area contributed by atoms with E-state index in [4.69, 9.17) is 9.39 Å². The molecule has 4 rings (SSSR count). The van der Waals surface area contributed by atoms with Crippen molar-refractivity contribution in [1.29, 1.82) is 0 Å². The van der Waals surface area contributed by atoms with Gasteiger partial charge in [-0.25, -0.2) is 0 Å². The van der Waals surface area contributed by atoms with E-state index in [1.54, 1.807) is 0 Å². The summed E-state index contributed by atoms with van der Waals surface area (Å²) in [6.45, 7) is 3.71. The topological polar surface area (TPSA) is 62.2 Å². The van der Waals surface area contributed by atoms with Crippen LogP contribution in [0.3, 0.4) is 0 Å². The average Bonchev–Trinajstić information content (AvgIpc) is 3.02. The monoisotopic (exact) mass is 325 g/mol. The van der Waals surface area contributed by atoms with Crippen molar-refractivity contribution < 1.29 is 19.5 Å². The molecule has 6 heteroatoms. The third kappa shape index (κ3) is 2.94. The van der Waals surface area contributed by atoms with Gasteiger partial charge in [0.1, 0.15) is 6.10 Å². The maximum atomic E-state index is 10.7. The molecule has 0 bridgehead atoms. The first-order valence-corrected chi connectivity index (χ1v) is 8.25. The zero-order chi connectivity index (χ0) is 16.5. The number of hydrogen-bond acceptors (Lipinski definition) is 5. The van der Waals surface area contributed by atoms with Gasteiger partial charge in [-0.15, -0.1) is 0 Å². The van der Waals surface area contributed by atoms with Crippen molar-refractivity contribution >= 4 is 18.3 Å². The summed E-state index contributed by atoms with van der Waals surface area (Å²) < 4.78 is 10.6. The number of aliphatic hydroxyl groups is 1. The van der Waals surface area contributed by atoms with Crippen LogP contribution >= 0.6 is 0 Å². The highest BCUT2D eigenvalue weighted by Crippen LogP contribution is 2.25. The second-order valence-electron chi connectivity index (χ2n) is 6.22. The number of rotatable bonds is 3. The molecule has 2 aliphatic heterocycles. The van der Waals surface area contributed by atoms with Crippen LogP contribution in [0, 0.1) is 0 Å². The van der Waals surface area contributed by atoms with Crippen LogP contribution in [0.5, 0.6) is 0 Å². The van der Waals surface area contributed by atoms with E-state index >= 15 is 0 Å². The first-order chi connectivity index (χ1) is 11.7. The third-order valence-electron chi connectivity index (χ3n) is 4.73. The van der Waals surface area contributed by atoms with E-state index in [0.717, 1.165) is 54.1 Å². The Hall–Kier alpha value is -1.86. The minimum Gasteiger partial charge on any atom is -0.423 e. The Kier molecular flexibility index (Phi) is 4.29. The molecule has 0 aliphatic carbocycles. The molecule has 1 saturated heterocycles. The fourth-order valence-electron chi connectivity index (χ4n) is 3.28. The van der Waals surface area contributed by atoms with Gasteiger partial charge < -0.3 is 24.4 Å². The normalized spacial score (nSPS) is 18.6. The largest absolute Gasteiger partial charge is 0.491 e. The van der Waals surface area contributed by atoms with Crippen LogP contribution in [0.4, 0.5) is 5.69 Å². The summed E-state index contributed by atoms with van der Waals surface area (Å²) in [5.74, 6) is 0. The number of anilines is 1. The van der Waals surface area contributed by atoms with Crippen LogP contribution in [-0.2, 0) is 16.0 Å². The zero-order valence-corrected chi connectivity index (χ0v) is 13.4. The number of benzene rings is 2. The minimum absolute atomic E-state index is 0.418. The van der Waals surface area contributed by atoms with Crippen LogP contribution in [0.25, 0.3) is 0 Å². The van der Waals surface area contributed by atoms with Gasteiger partial charge >= 0.3 is 7.12 Å². The van der Waals surface area contributed by atoms with Crippen molar-refractivity contribution in [3.63, 3.8) is 0 Å². The van der Waals surface area contributed by atoms with Crippen LogP contribution in [0.15, 0.2) is 42.5 Å². The quantitative estimate of drug-likeness (QED) is 0.819. The summed E-state index contributed by atoms with van der Waals surface area (Å²) in [7, 11) is -0.893. The van der Waals surface area contributed by atoms with Crippen LogP contribution in [0.2, 0.25) is 0 Å². The molecule has 2 heterocycles. The molecule has 0 spiro atoms. The second kappa shape index (κ2) is 6.57. The van der Waals surface area contributed by atoms with Crippen molar-refractivity contribution in [2.45, 2.75) is 12.7 Å². The Morgan fingerprint density at radius 3 is 2.46 bits per heavy atom. The molecule has 2 N–H and O–H groups in total. The fourth-order valence-corrected chi connectivity index (χ4v) is 3.28. The molecule has 124 valence electrons. The molecule has 2 aromatic rings. The number of nitrogens with zero attached hydrogens (tertiary/aromatic N) is 1. The lowest BCUT2D eigenvalue weighted by Gasteiger charge is -2.29. The van der Waals surface area contributed by atoms with Crippen molar-refractivity contribution in [2.75, 3.05) is 31.2 Å². The van der Waals surface area contributed by atoms with Gasteiger partial charge in [0.25, 0.3) is 0 Å². The number of morpholine rings is 1. The van der Waals surface area contributed by atoms with E-state index in [2.05, 4.69) is 4.90 Å². The van der Waals surface area contributed by atoms with Crippen LogP contribution in [-0.4, -0.2) is 43.6 Å². The van der Waals surface area contributed by atoms with E-state index in [9.17, 15) is 10.1 Å². The Morgan fingerprint density at radius 1 is 1.00 bits per heavy atom. The number of hydrogen-bond donors (Lipinski definition) is 2. The van der Waals surface area contributed by atoms with Crippen molar-refractivity contribution in [2.24, 2.45) is 0 Å². The number of fused-ring (bicyclic) bond motifs is 1. The van der Waals surface area contributed by atoms with Gasteiger partial charge in [0.2, 0.25) is 0 Å². The predicted molar refractivity (Wildman–Crippen MR) is 92.4 cm³/mol. The van der Waals surface area contributed by atoms with E-state index in [-0.39, 0.29) is 0 Å². The molecule has 1 fully saturated rings. The van der Waals surface area contributed by atoms with Gasteiger partial charge in [0.05, 0.1) is 19.8 Å². The standard InChI is InChI=1S/C18H20BNO4/c21-18(14-1-2-15-12-24-19(22)17(15)11-14)13-3-5-16(6-4-13)20-7-9-23-10-8-20/h1-6,11,18,21-22H,7-10,12H2. The van der Waals surface area contributed by atoms with Crippen LogP contribution in [0.1, 0.15) is 22.8 Å². The highest BCUT2D eigenvalue weighted by atomic mass is 16.5. The smallest absolute Gasteiger partial charge is 0.423 e. The molecule has 0 amide bonds. The maximum absolute atomic E-state index is 10.7. The van der Waals surface area contributed by atoms with Gasteiger partial charge in [0, 0.05) is 18.8 Å². The lowest BCUT2D eigenvalue weighted by molar-refractivity contribution is 0.122. The maximum Gasteiger partial charge on any atom is 0.491 e.